The zero-order chi connectivity index (χ0) is 17.5. The predicted molar refractivity (Wildman–Crippen MR) is 104 cm³/mol. The Kier molecular flexibility index (Phi) is 5.03. The van der Waals surface area contributed by atoms with Crippen LogP contribution in [0.25, 0.3) is 0 Å². The quantitative estimate of drug-likeness (QED) is 0.514. The van der Waals surface area contributed by atoms with E-state index in [1.807, 2.05) is 0 Å². The van der Waals surface area contributed by atoms with E-state index in [0.717, 1.165) is 19.3 Å². The van der Waals surface area contributed by atoms with Gasteiger partial charge >= 0.3 is 5.97 Å². The topological polar surface area (TPSA) is 37.0 Å². The molecular weight excluding hydrogens is 411 g/mol. The molecule has 0 unspecified atom stereocenters. The molecule has 2 nitrogen and oxygen atoms in total. The highest BCUT2D eigenvalue weighted by molar-refractivity contribution is 14.1. The van der Waals surface area contributed by atoms with Gasteiger partial charge in [-0.1, -0.05) is 39.0 Å². The summed E-state index contributed by atoms with van der Waals surface area (Å²) in [5.41, 5.74) is 1.31. The van der Waals surface area contributed by atoms with E-state index in [0.29, 0.717) is 17.8 Å². The molecule has 1 radical (unpaired) electrons. The van der Waals surface area contributed by atoms with Crippen LogP contribution >= 0.6 is 22.6 Å². The van der Waals surface area contributed by atoms with Gasteiger partial charge < -0.3 is 0 Å². The van der Waals surface area contributed by atoms with Crippen LogP contribution in [0.1, 0.15) is 64.9 Å². The molecule has 4 aliphatic carbocycles. The largest absolute Gasteiger partial charge is 0.361 e. The Hall–Kier alpha value is -0.580. The summed E-state index contributed by atoms with van der Waals surface area (Å²) in [6.45, 7) is 6.72. The number of halogens is 1. The van der Waals surface area contributed by atoms with Gasteiger partial charge in [0.05, 0.1) is 5.41 Å². The van der Waals surface area contributed by atoms with Crippen molar-refractivity contribution in [3.63, 3.8) is 0 Å². The molecule has 131 valence electrons. The van der Waals surface area contributed by atoms with Crippen molar-refractivity contribution < 1.29 is 9.90 Å². The maximum absolute atomic E-state index is 11.1. The molecule has 4 saturated carbocycles. The molecular formula is C21H28IO2. The molecule has 0 heterocycles. The van der Waals surface area contributed by atoms with E-state index in [9.17, 15) is 9.90 Å². The molecule has 1 aromatic rings. The molecule has 4 bridgehead atoms. The van der Waals surface area contributed by atoms with Crippen LogP contribution in [0.3, 0.4) is 0 Å². The Morgan fingerprint density at radius 1 is 1.00 bits per heavy atom. The van der Waals surface area contributed by atoms with Crippen LogP contribution in [-0.2, 0) is 15.3 Å². The molecule has 0 atom stereocenters. The van der Waals surface area contributed by atoms with E-state index >= 15 is 0 Å². The fraction of sp³-hybridized carbons (Fsp3) is 0.667. The number of rotatable bonds is 1. The second-order valence-corrected chi connectivity index (χ2v) is 10.4. The number of carbonyl (C=O) groups is 1. The van der Waals surface area contributed by atoms with Crippen LogP contribution < -0.4 is 0 Å². The van der Waals surface area contributed by atoms with Gasteiger partial charge in [0.25, 0.3) is 0 Å². The molecule has 4 fully saturated rings. The summed E-state index contributed by atoms with van der Waals surface area (Å²) in [7, 11) is 0. The van der Waals surface area contributed by atoms with Crippen molar-refractivity contribution in [1.29, 1.82) is 0 Å². The molecule has 0 spiro atoms. The smallest absolute Gasteiger partial charge is 0.247 e. The molecule has 0 saturated heterocycles. The van der Waals surface area contributed by atoms with Gasteiger partial charge in [-0.2, -0.15) is 0 Å². The van der Waals surface area contributed by atoms with Gasteiger partial charge in [0.2, 0.25) is 0 Å². The van der Waals surface area contributed by atoms with Crippen LogP contribution in [0.4, 0.5) is 0 Å². The fourth-order valence-corrected chi connectivity index (χ4v) is 6.63. The molecule has 4 aliphatic rings. The summed E-state index contributed by atoms with van der Waals surface area (Å²) in [5.74, 6) is 1.38. The number of hydrogen-bond donors (Lipinski definition) is 0. The van der Waals surface area contributed by atoms with Crippen LogP contribution in [0, 0.1) is 26.7 Å². The van der Waals surface area contributed by atoms with Crippen LogP contribution in [-0.4, -0.2) is 5.97 Å². The number of benzene rings is 1. The molecule has 0 amide bonds. The lowest BCUT2D eigenvalue weighted by Crippen LogP contribution is -2.49. The Morgan fingerprint density at radius 2 is 1.46 bits per heavy atom. The van der Waals surface area contributed by atoms with Crippen LogP contribution in [0.2, 0.25) is 0 Å². The van der Waals surface area contributed by atoms with Gasteiger partial charge in [0, 0.05) is 3.57 Å². The number of carbonyl (C=O) groups excluding carboxylic acids is 1. The Balaban J connectivity index is 0.000000144. The maximum Gasteiger partial charge on any atom is 0.361 e. The van der Waals surface area contributed by atoms with E-state index in [1.165, 1.54) is 28.4 Å². The average molecular weight is 439 g/mol. The highest BCUT2D eigenvalue weighted by Crippen LogP contribution is 2.60. The summed E-state index contributed by atoms with van der Waals surface area (Å²) < 4.78 is 1.36. The molecule has 24 heavy (non-hydrogen) atoms. The SMILES string of the molecule is CC(C)(C)c1ccccc1I.[O]C(=O)C12CC3CC(CC(C3)C1)C2. The lowest BCUT2D eigenvalue weighted by atomic mass is 9.49. The van der Waals surface area contributed by atoms with Crippen molar-refractivity contribution >= 4 is 28.6 Å². The molecule has 0 aromatic heterocycles. The fourth-order valence-electron chi connectivity index (χ4n) is 5.43. The molecule has 0 aliphatic heterocycles. The van der Waals surface area contributed by atoms with Gasteiger partial charge in [-0.05, 0) is 95.9 Å². The Bertz CT molecular complexity index is 579. The van der Waals surface area contributed by atoms with Crippen molar-refractivity contribution in [1.82, 2.24) is 0 Å². The summed E-state index contributed by atoms with van der Waals surface area (Å²) in [6.07, 6.45) is 6.65. The minimum atomic E-state index is -0.758. The number of hydrogen-bond acceptors (Lipinski definition) is 1. The van der Waals surface area contributed by atoms with Crippen LogP contribution in [0.15, 0.2) is 24.3 Å². The minimum absolute atomic E-state index is 0.276. The van der Waals surface area contributed by atoms with Crippen molar-refractivity contribution in [2.45, 2.75) is 64.7 Å². The first-order valence-corrected chi connectivity index (χ1v) is 10.2. The third-order valence-electron chi connectivity index (χ3n) is 6.15. The highest BCUT2D eigenvalue weighted by Gasteiger charge is 2.55. The van der Waals surface area contributed by atoms with Gasteiger partial charge in [-0.15, -0.1) is 0 Å². The third kappa shape index (κ3) is 3.66. The maximum atomic E-state index is 11.1. The monoisotopic (exact) mass is 439 g/mol. The average Bonchev–Trinajstić information content (AvgIpc) is 2.45. The molecule has 3 heteroatoms. The van der Waals surface area contributed by atoms with Gasteiger partial charge in [-0.3, -0.25) is 0 Å². The summed E-state index contributed by atoms with van der Waals surface area (Å²) >= 11 is 2.39. The van der Waals surface area contributed by atoms with Crippen LogP contribution in [0.5, 0.6) is 0 Å². The van der Waals surface area contributed by atoms with Crippen molar-refractivity contribution in [2.75, 3.05) is 0 Å². The summed E-state index contributed by atoms with van der Waals surface area (Å²) in [4.78, 5) is 11.1. The molecule has 0 N–H and O–H groups in total. The van der Waals surface area contributed by atoms with Crippen molar-refractivity contribution in [3.05, 3.63) is 33.4 Å². The highest BCUT2D eigenvalue weighted by atomic mass is 127. The zero-order valence-electron chi connectivity index (χ0n) is 15.0. The summed E-state index contributed by atoms with van der Waals surface area (Å²) in [5, 5.41) is 11.1. The van der Waals surface area contributed by atoms with Gasteiger partial charge in [-0.25, -0.2) is 9.90 Å². The first-order chi connectivity index (χ1) is 11.2. The van der Waals surface area contributed by atoms with Gasteiger partial charge in [0.1, 0.15) is 0 Å². The standard InChI is InChI=1S/C11H15O2.C10H13I/c12-10(13)11-4-7-1-8(5-11)3-9(2-7)6-11;1-10(2,3)8-6-4-5-7-9(8)11/h7-9H,1-6H2;4-7H,1-3H3. The summed E-state index contributed by atoms with van der Waals surface area (Å²) in [6, 6.07) is 8.53. The first kappa shape index (κ1) is 18.2. The van der Waals surface area contributed by atoms with E-state index in [-0.39, 0.29) is 5.41 Å². The lowest BCUT2D eigenvalue weighted by Gasteiger charge is -2.54. The molecule has 1 aromatic carbocycles. The van der Waals surface area contributed by atoms with Gasteiger partial charge in [0.15, 0.2) is 0 Å². The zero-order valence-corrected chi connectivity index (χ0v) is 17.1. The Morgan fingerprint density at radius 3 is 1.79 bits per heavy atom. The normalized spacial score (nSPS) is 33.8. The van der Waals surface area contributed by atoms with E-state index in [4.69, 9.17) is 0 Å². The van der Waals surface area contributed by atoms with E-state index in [2.05, 4.69) is 67.6 Å². The minimum Gasteiger partial charge on any atom is -0.247 e. The second-order valence-electron chi connectivity index (χ2n) is 9.22. The van der Waals surface area contributed by atoms with Crippen molar-refractivity contribution in [2.24, 2.45) is 23.2 Å². The van der Waals surface area contributed by atoms with E-state index in [1.54, 1.807) is 0 Å². The lowest BCUT2D eigenvalue weighted by molar-refractivity contribution is -0.171. The van der Waals surface area contributed by atoms with Crippen molar-refractivity contribution in [3.8, 4) is 0 Å². The third-order valence-corrected chi connectivity index (χ3v) is 7.09. The van der Waals surface area contributed by atoms with E-state index < -0.39 is 11.4 Å². The second kappa shape index (κ2) is 6.62. The Labute approximate surface area is 159 Å². The first-order valence-electron chi connectivity index (χ1n) is 9.16. The predicted octanol–water partition coefficient (Wildman–Crippen LogP) is 5.75. The molecule has 5 rings (SSSR count).